The van der Waals surface area contributed by atoms with Crippen LogP contribution in [-0.4, -0.2) is 20.1 Å². The molecule has 4 aromatic carbocycles. The Morgan fingerprint density at radius 3 is 1.26 bits per heavy atom. The molecule has 4 nitrogen and oxygen atoms in total. The van der Waals surface area contributed by atoms with E-state index in [1.54, 1.807) is 0 Å². The summed E-state index contributed by atoms with van der Waals surface area (Å²) in [5.74, 6) is 4.28. The van der Waals surface area contributed by atoms with Gasteiger partial charge in [-0.3, -0.25) is 0 Å². The molecule has 1 unspecified atom stereocenters. The summed E-state index contributed by atoms with van der Waals surface area (Å²) in [5, 5.41) is 11.2. The van der Waals surface area contributed by atoms with E-state index < -0.39 is 5.60 Å². The first-order chi connectivity index (χ1) is 16.7. The molecular formula is C30H21N3O. The van der Waals surface area contributed by atoms with Gasteiger partial charge in [-0.15, -0.1) is 6.42 Å². The van der Waals surface area contributed by atoms with Crippen LogP contribution in [0.1, 0.15) is 11.1 Å². The third-order valence-corrected chi connectivity index (χ3v) is 5.66. The molecule has 0 bridgehead atoms. The molecule has 5 aromatic rings. The molecule has 0 fully saturated rings. The van der Waals surface area contributed by atoms with Gasteiger partial charge in [0.05, 0.1) is 0 Å². The first kappa shape index (κ1) is 21.3. The van der Waals surface area contributed by atoms with E-state index in [2.05, 4.69) is 5.92 Å². The second-order valence-electron chi connectivity index (χ2n) is 7.84. The lowest BCUT2D eigenvalue weighted by atomic mass is 9.87. The average Bonchev–Trinajstić information content (AvgIpc) is 2.94. The highest BCUT2D eigenvalue weighted by molar-refractivity contribution is 5.66. The van der Waals surface area contributed by atoms with Gasteiger partial charge in [0.1, 0.15) is 0 Å². The van der Waals surface area contributed by atoms with Gasteiger partial charge in [-0.05, 0) is 0 Å². The van der Waals surface area contributed by atoms with Crippen molar-refractivity contribution in [2.24, 2.45) is 0 Å². The number of nitrogens with zero attached hydrogens (tertiary/aromatic N) is 3. The van der Waals surface area contributed by atoms with Gasteiger partial charge in [0.15, 0.2) is 23.1 Å². The average molecular weight is 440 g/mol. The molecule has 162 valence electrons. The summed E-state index contributed by atoms with van der Waals surface area (Å²) < 4.78 is 0. The van der Waals surface area contributed by atoms with Crippen LogP contribution in [0.2, 0.25) is 0 Å². The minimum Gasteiger partial charge on any atom is -0.369 e. The summed E-state index contributed by atoms with van der Waals surface area (Å²) in [5.41, 5.74) is 2.33. The van der Waals surface area contributed by atoms with E-state index in [0.717, 1.165) is 16.7 Å². The Hall–Kier alpha value is -4.59. The molecule has 4 heteroatoms. The third kappa shape index (κ3) is 4.09. The number of aliphatic hydroxyl groups is 1. The van der Waals surface area contributed by atoms with E-state index in [-0.39, 0.29) is 0 Å². The molecule has 5 rings (SSSR count). The minimum atomic E-state index is -1.52. The number of hydrogen-bond acceptors (Lipinski definition) is 4. The fraction of sp³-hybridized carbons (Fsp3) is 0.0333. The molecule has 1 N–H and O–H groups in total. The van der Waals surface area contributed by atoms with Gasteiger partial charge in [0, 0.05) is 27.8 Å². The van der Waals surface area contributed by atoms with Crippen LogP contribution in [0, 0.1) is 12.3 Å². The number of aromatic nitrogens is 3. The normalized spacial score (nSPS) is 12.5. The maximum absolute atomic E-state index is 11.2. The highest BCUT2D eigenvalue weighted by Crippen LogP contribution is 2.31. The van der Waals surface area contributed by atoms with Crippen molar-refractivity contribution in [1.29, 1.82) is 0 Å². The molecule has 34 heavy (non-hydrogen) atoms. The molecule has 0 saturated carbocycles. The van der Waals surface area contributed by atoms with E-state index in [1.165, 1.54) is 0 Å². The van der Waals surface area contributed by atoms with Crippen molar-refractivity contribution in [2.75, 3.05) is 0 Å². The highest BCUT2D eigenvalue weighted by Gasteiger charge is 2.29. The number of hydrogen-bond donors (Lipinski definition) is 1. The lowest BCUT2D eigenvalue weighted by Crippen LogP contribution is -2.24. The molecule has 1 heterocycles. The molecule has 0 amide bonds. The van der Waals surface area contributed by atoms with Crippen molar-refractivity contribution in [3.8, 4) is 46.5 Å². The van der Waals surface area contributed by atoms with Crippen molar-refractivity contribution in [2.45, 2.75) is 5.60 Å². The van der Waals surface area contributed by atoms with Crippen molar-refractivity contribution in [3.05, 3.63) is 126 Å². The van der Waals surface area contributed by atoms with E-state index in [1.807, 2.05) is 115 Å². The van der Waals surface area contributed by atoms with Gasteiger partial charge < -0.3 is 5.11 Å². The van der Waals surface area contributed by atoms with Gasteiger partial charge in [0.2, 0.25) is 0 Å². The van der Waals surface area contributed by atoms with Crippen LogP contribution in [-0.2, 0) is 5.60 Å². The molecule has 1 atom stereocenters. The van der Waals surface area contributed by atoms with Crippen LogP contribution in [0.3, 0.4) is 0 Å². The lowest BCUT2D eigenvalue weighted by Gasteiger charge is -2.23. The van der Waals surface area contributed by atoms with Crippen LogP contribution >= 0.6 is 0 Å². The Balaban J connectivity index is 1.59. The summed E-state index contributed by atoms with van der Waals surface area (Å²) in [4.78, 5) is 14.2. The van der Waals surface area contributed by atoms with Crippen LogP contribution in [0.5, 0.6) is 0 Å². The van der Waals surface area contributed by atoms with Gasteiger partial charge in [-0.2, -0.15) is 0 Å². The lowest BCUT2D eigenvalue weighted by molar-refractivity contribution is 0.145. The Morgan fingerprint density at radius 2 is 0.853 bits per heavy atom. The molecule has 0 aliphatic heterocycles. The number of benzene rings is 4. The molecule has 0 aliphatic rings. The summed E-state index contributed by atoms with van der Waals surface area (Å²) >= 11 is 0. The molecule has 0 saturated heterocycles. The van der Waals surface area contributed by atoms with Crippen molar-refractivity contribution >= 4 is 0 Å². The predicted octanol–water partition coefficient (Wildman–Crippen LogP) is 5.74. The zero-order valence-corrected chi connectivity index (χ0v) is 18.3. The summed E-state index contributed by atoms with van der Waals surface area (Å²) in [6, 6.07) is 36.3. The van der Waals surface area contributed by atoms with Crippen LogP contribution in [0.25, 0.3) is 34.2 Å². The third-order valence-electron chi connectivity index (χ3n) is 5.66. The largest absolute Gasteiger partial charge is 0.369 e. The smallest absolute Gasteiger partial charge is 0.176 e. The van der Waals surface area contributed by atoms with Crippen molar-refractivity contribution in [3.63, 3.8) is 0 Å². The van der Waals surface area contributed by atoms with Crippen LogP contribution < -0.4 is 0 Å². The Kier molecular flexibility index (Phi) is 5.70. The molecule has 0 radical (unpaired) electrons. The number of terminal acetylenes is 1. The maximum atomic E-state index is 11.2. The van der Waals surface area contributed by atoms with Gasteiger partial charge in [-0.1, -0.05) is 121 Å². The first-order valence-electron chi connectivity index (χ1n) is 10.9. The van der Waals surface area contributed by atoms with Crippen LogP contribution in [0.15, 0.2) is 115 Å². The zero-order valence-electron chi connectivity index (χ0n) is 18.3. The van der Waals surface area contributed by atoms with Crippen molar-refractivity contribution in [1.82, 2.24) is 15.0 Å². The van der Waals surface area contributed by atoms with Crippen LogP contribution in [0.4, 0.5) is 0 Å². The summed E-state index contributed by atoms with van der Waals surface area (Å²) in [6.45, 7) is 0. The topological polar surface area (TPSA) is 58.9 Å². The Labute approximate surface area is 198 Å². The van der Waals surface area contributed by atoms with E-state index in [4.69, 9.17) is 21.4 Å². The highest BCUT2D eigenvalue weighted by atomic mass is 16.3. The standard InChI is InChI=1S/C30H21N3O/c1-2-30(34,25-16-10-5-11-17-25)26-20-18-24(19-21-26)29-32-27(22-12-6-3-7-13-22)31-28(33-29)23-14-8-4-9-15-23/h1,3-21,34H. The second-order valence-corrected chi connectivity index (χ2v) is 7.84. The molecule has 0 aliphatic carbocycles. The monoisotopic (exact) mass is 439 g/mol. The van der Waals surface area contributed by atoms with Crippen molar-refractivity contribution < 1.29 is 5.11 Å². The van der Waals surface area contributed by atoms with Gasteiger partial charge in [-0.25, -0.2) is 15.0 Å². The molecule has 0 spiro atoms. The Bertz CT molecular complexity index is 1390. The van der Waals surface area contributed by atoms with E-state index >= 15 is 0 Å². The Morgan fingerprint density at radius 1 is 0.500 bits per heavy atom. The van der Waals surface area contributed by atoms with E-state index in [0.29, 0.717) is 28.6 Å². The second kappa shape index (κ2) is 9.11. The quantitative estimate of drug-likeness (QED) is 0.355. The van der Waals surface area contributed by atoms with Gasteiger partial charge in [0.25, 0.3) is 0 Å². The molecule has 1 aromatic heterocycles. The fourth-order valence-electron chi connectivity index (χ4n) is 3.81. The first-order valence-corrected chi connectivity index (χ1v) is 10.9. The minimum absolute atomic E-state index is 0.545. The van der Waals surface area contributed by atoms with E-state index in [9.17, 15) is 5.11 Å². The summed E-state index contributed by atoms with van der Waals surface area (Å²) in [6.07, 6.45) is 5.76. The molecular weight excluding hydrogens is 418 g/mol. The SMILES string of the molecule is C#CC(O)(c1ccccc1)c1ccc(-c2nc(-c3ccccc3)nc(-c3ccccc3)n2)cc1. The predicted molar refractivity (Wildman–Crippen MR) is 134 cm³/mol. The number of rotatable bonds is 5. The summed E-state index contributed by atoms with van der Waals surface area (Å²) in [7, 11) is 0. The van der Waals surface area contributed by atoms with Gasteiger partial charge >= 0.3 is 0 Å². The zero-order chi connectivity index (χ0) is 23.4. The fourth-order valence-corrected chi connectivity index (χ4v) is 3.81. The maximum Gasteiger partial charge on any atom is 0.176 e.